The second-order valence-corrected chi connectivity index (χ2v) is 6.89. The molecule has 1 aromatic heterocycles. The summed E-state index contributed by atoms with van der Waals surface area (Å²) in [6.07, 6.45) is 6.69. The molecule has 4 rings (SSSR count). The minimum atomic E-state index is -0.185. The predicted molar refractivity (Wildman–Crippen MR) is 96.7 cm³/mol. The Balaban J connectivity index is 1.41. The van der Waals surface area contributed by atoms with Gasteiger partial charge in [-0.2, -0.15) is 0 Å². The van der Waals surface area contributed by atoms with Crippen LogP contribution in [0.3, 0.4) is 0 Å². The van der Waals surface area contributed by atoms with Crippen molar-refractivity contribution in [3.8, 4) is 5.75 Å². The first-order valence-electron chi connectivity index (χ1n) is 8.77. The van der Waals surface area contributed by atoms with E-state index in [1.165, 1.54) is 5.56 Å². The lowest BCUT2D eigenvalue weighted by Crippen LogP contribution is -2.47. The summed E-state index contributed by atoms with van der Waals surface area (Å²) in [7, 11) is 1.70. The zero-order valence-corrected chi connectivity index (χ0v) is 14.5. The van der Waals surface area contributed by atoms with Gasteiger partial charge in [0.2, 0.25) is 0 Å². The lowest BCUT2D eigenvalue weighted by atomic mass is 9.87. The molecular weight excluding hydrogens is 314 g/mol. The Morgan fingerprint density at radius 1 is 1.24 bits per heavy atom. The van der Waals surface area contributed by atoms with Crippen LogP contribution < -0.4 is 4.74 Å². The number of methoxy groups -OCH3 is 1. The minimum Gasteiger partial charge on any atom is -0.497 e. The number of hydrogen-bond acceptors (Lipinski definition) is 5. The van der Waals surface area contributed by atoms with Crippen LogP contribution in [0, 0.1) is 0 Å². The number of likely N-dealkylation sites (tertiary alicyclic amines) is 1. The number of pyridine rings is 1. The van der Waals surface area contributed by atoms with Crippen molar-refractivity contribution < 1.29 is 9.57 Å². The standard InChI is InChI=1S/C20H23N3O2/c1-24-18-7-5-16(6-8-18)14-23-11-3-9-20(15-23)12-19(22-25-20)17-4-2-10-21-13-17/h2,4-8,10,13H,3,9,11-12,14-15H2,1H3. The fraction of sp³-hybridized carbons (Fsp3) is 0.400. The van der Waals surface area contributed by atoms with Crippen LogP contribution in [0.1, 0.15) is 30.4 Å². The van der Waals surface area contributed by atoms with Crippen molar-refractivity contribution in [3.63, 3.8) is 0 Å². The molecule has 1 aromatic carbocycles. The lowest BCUT2D eigenvalue weighted by Gasteiger charge is -2.38. The third-order valence-electron chi connectivity index (χ3n) is 5.02. The SMILES string of the molecule is COc1ccc(CN2CCCC3(CC(c4cccnc4)=NO3)C2)cc1. The Morgan fingerprint density at radius 2 is 2.12 bits per heavy atom. The number of hydrogen-bond donors (Lipinski definition) is 0. The highest BCUT2D eigenvalue weighted by Crippen LogP contribution is 2.35. The normalized spacial score (nSPS) is 23.3. The maximum absolute atomic E-state index is 5.95. The van der Waals surface area contributed by atoms with E-state index in [-0.39, 0.29) is 5.60 Å². The van der Waals surface area contributed by atoms with Gasteiger partial charge in [-0.1, -0.05) is 17.3 Å². The highest BCUT2D eigenvalue weighted by atomic mass is 16.7. The zero-order valence-electron chi connectivity index (χ0n) is 14.5. The van der Waals surface area contributed by atoms with Crippen molar-refractivity contribution in [2.45, 2.75) is 31.4 Å². The second-order valence-electron chi connectivity index (χ2n) is 6.89. The first kappa shape index (κ1) is 16.1. The lowest BCUT2D eigenvalue weighted by molar-refractivity contribution is -0.0704. The minimum absolute atomic E-state index is 0.185. The smallest absolute Gasteiger partial charge is 0.156 e. The topological polar surface area (TPSA) is 47.0 Å². The van der Waals surface area contributed by atoms with Gasteiger partial charge in [0.05, 0.1) is 12.8 Å². The third-order valence-corrected chi connectivity index (χ3v) is 5.02. The van der Waals surface area contributed by atoms with Gasteiger partial charge in [-0.05, 0) is 49.2 Å². The van der Waals surface area contributed by atoms with Gasteiger partial charge in [-0.15, -0.1) is 0 Å². The first-order chi connectivity index (χ1) is 12.3. The fourth-order valence-electron chi connectivity index (χ4n) is 3.74. The van der Waals surface area contributed by atoms with E-state index >= 15 is 0 Å². The molecule has 130 valence electrons. The molecule has 0 saturated carbocycles. The molecule has 25 heavy (non-hydrogen) atoms. The Kier molecular flexibility index (Phi) is 4.40. The highest BCUT2D eigenvalue weighted by molar-refractivity contribution is 6.01. The van der Waals surface area contributed by atoms with Crippen molar-refractivity contribution >= 4 is 5.71 Å². The largest absolute Gasteiger partial charge is 0.497 e. The average molecular weight is 337 g/mol. The monoisotopic (exact) mass is 337 g/mol. The van der Waals surface area contributed by atoms with Crippen molar-refractivity contribution in [1.82, 2.24) is 9.88 Å². The fourth-order valence-corrected chi connectivity index (χ4v) is 3.74. The molecule has 0 radical (unpaired) electrons. The number of piperidine rings is 1. The molecule has 2 aromatic rings. The summed E-state index contributed by atoms with van der Waals surface area (Å²) in [6, 6.07) is 12.3. The molecule has 0 bridgehead atoms. The molecule has 1 spiro atoms. The van der Waals surface area contributed by atoms with E-state index in [9.17, 15) is 0 Å². The summed E-state index contributed by atoms with van der Waals surface area (Å²) in [5.74, 6) is 0.896. The Labute approximate surface area is 148 Å². The summed E-state index contributed by atoms with van der Waals surface area (Å²) in [4.78, 5) is 12.6. The van der Waals surface area contributed by atoms with Crippen LogP contribution in [-0.4, -0.2) is 41.4 Å². The second kappa shape index (κ2) is 6.84. The van der Waals surface area contributed by atoms with Crippen LogP contribution in [0.2, 0.25) is 0 Å². The van der Waals surface area contributed by atoms with Crippen LogP contribution >= 0.6 is 0 Å². The van der Waals surface area contributed by atoms with E-state index in [0.717, 1.165) is 55.9 Å². The predicted octanol–water partition coefficient (Wildman–Crippen LogP) is 3.25. The molecule has 5 heteroatoms. The first-order valence-corrected chi connectivity index (χ1v) is 8.77. The van der Waals surface area contributed by atoms with E-state index in [0.29, 0.717) is 0 Å². The Hall–Kier alpha value is -2.40. The van der Waals surface area contributed by atoms with Crippen LogP contribution in [0.4, 0.5) is 0 Å². The molecule has 1 unspecified atom stereocenters. The molecule has 0 N–H and O–H groups in total. The quantitative estimate of drug-likeness (QED) is 0.859. The molecule has 1 saturated heterocycles. The van der Waals surface area contributed by atoms with Crippen LogP contribution in [-0.2, 0) is 11.4 Å². The van der Waals surface area contributed by atoms with E-state index in [1.54, 1.807) is 13.3 Å². The van der Waals surface area contributed by atoms with Gasteiger partial charge in [0.25, 0.3) is 0 Å². The third kappa shape index (κ3) is 3.51. The summed E-state index contributed by atoms with van der Waals surface area (Å²) in [5.41, 5.74) is 3.19. The number of rotatable bonds is 4. The summed E-state index contributed by atoms with van der Waals surface area (Å²) in [6.45, 7) is 2.93. The zero-order chi connectivity index (χ0) is 17.1. The molecule has 2 aliphatic heterocycles. The van der Waals surface area contributed by atoms with E-state index in [1.807, 2.05) is 30.5 Å². The van der Waals surface area contributed by atoms with Crippen molar-refractivity contribution in [3.05, 3.63) is 59.9 Å². The van der Waals surface area contributed by atoms with Crippen molar-refractivity contribution in [2.24, 2.45) is 5.16 Å². The van der Waals surface area contributed by atoms with E-state index in [2.05, 4.69) is 27.2 Å². The Bertz CT molecular complexity index is 745. The van der Waals surface area contributed by atoms with Gasteiger partial charge in [-0.25, -0.2) is 0 Å². The molecule has 3 heterocycles. The van der Waals surface area contributed by atoms with E-state index in [4.69, 9.17) is 9.57 Å². The number of oxime groups is 1. The maximum atomic E-state index is 5.95. The molecule has 5 nitrogen and oxygen atoms in total. The maximum Gasteiger partial charge on any atom is 0.156 e. The molecule has 2 aliphatic rings. The van der Waals surface area contributed by atoms with Crippen molar-refractivity contribution in [1.29, 1.82) is 0 Å². The summed E-state index contributed by atoms with van der Waals surface area (Å²) < 4.78 is 5.24. The Morgan fingerprint density at radius 3 is 2.88 bits per heavy atom. The average Bonchev–Trinajstić information content (AvgIpc) is 3.06. The van der Waals surface area contributed by atoms with Gasteiger partial charge >= 0.3 is 0 Å². The number of aromatic nitrogens is 1. The molecule has 0 amide bonds. The molecule has 1 atom stereocenters. The van der Waals surface area contributed by atoms with Gasteiger partial charge in [0.1, 0.15) is 5.75 Å². The molecule has 0 aliphatic carbocycles. The van der Waals surface area contributed by atoms with Gasteiger partial charge in [-0.3, -0.25) is 9.88 Å². The van der Waals surface area contributed by atoms with E-state index < -0.39 is 0 Å². The number of nitrogens with zero attached hydrogens (tertiary/aromatic N) is 3. The summed E-state index contributed by atoms with van der Waals surface area (Å²) in [5, 5.41) is 4.38. The highest BCUT2D eigenvalue weighted by Gasteiger charge is 2.43. The van der Waals surface area contributed by atoms with Gasteiger partial charge in [0, 0.05) is 37.5 Å². The van der Waals surface area contributed by atoms with Crippen molar-refractivity contribution in [2.75, 3.05) is 20.2 Å². The molecular formula is C20H23N3O2. The number of benzene rings is 1. The van der Waals surface area contributed by atoms with Crippen LogP contribution in [0.25, 0.3) is 0 Å². The van der Waals surface area contributed by atoms with Gasteiger partial charge < -0.3 is 9.57 Å². The van der Waals surface area contributed by atoms with Crippen LogP contribution in [0.15, 0.2) is 53.9 Å². The number of ether oxygens (including phenoxy) is 1. The summed E-state index contributed by atoms with van der Waals surface area (Å²) >= 11 is 0. The van der Waals surface area contributed by atoms with Gasteiger partial charge in [0.15, 0.2) is 5.60 Å². The van der Waals surface area contributed by atoms with Crippen LogP contribution in [0.5, 0.6) is 5.75 Å². The molecule has 1 fully saturated rings.